The molecule has 0 radical (unpaired) electrons. The topological polar surface area (TPSA) is 67.4 Å². The van der Waals surface area contributed by atoms with Crippen molar-refractivity contribution in [3.63, 3.8) is 0 Å². The Morgan fingerprint density at radius 3 is 2.53 bits per heavy atom. The van der Waals surface area contributed by atoms with Gasteiger partial charge in [-0.25, -0.2) is 9.18 Å². The first kappa shape index (κ1) is 23.5. The number of ether oxygens (including phenoxy) is 1. The van der Waals surface area contributed by atoms with Crippen LogP contribution in [0.4, 0.5) is 33.7 Å². The Balaban J connectivity index is 1.49. The van der Waals surface area contributed by atoms with Crippen molar-refractivity contribution in [2.45, 2.75) is 38.8 Å². The molecule has 178 valence electrons. The summed E-state index contributed by atoms with van der Waals surface area (Å²) in [5, 5.41) is 4.60. The number of rotatable bonds is 5. The standard InChI is InChI=1S/C25H22F4N2O3/c1-2-34-23-11-7-15(13-19(23)25(27,28)29)30-24(33)31-21-9-6-14(12-20(21)26)16-8-10-22(32)18-5-3-4-17(16)18/h6-9,11-13H,2-5,10H2,1H3,(H2,30,31,33). The van der Waals surface area contributed by atoms with Crippen molar-refractivity contribution in [3.05, 3.63) is 70.6 Å². The molecule has 0 spiro atoms. The highest BCUT2D eigenvalue weighted by atomic mass is 19.4. The summed E-state index contributed by atoms with van der Waals surface area (Å²) in [6, 6.07) is 6.55. The van der Waals surface area contributed by atoms with Crippen LogP contribution < -0.4 is 15.4 Å². The maximum Gasteiger partial charge on any atom is 0.420 e. The van der Waals surface area contributed by atoms with Gasteiger partial charge in [-0.15, -0.1) is 0 Å². The van der Waals surface area contributed by atoms with E-state index in [-0.39, 0.29) is 35.9 Å². The molecule has 9 heteroatoms. The van der Waals surface area contributed by atoms with Crippen LogP contribution in [0, 0.1) is 5.82 Å². The van der Waals surface area contributed by atoms with Crippen LogP contribution in [0.1, 0.15) is 43.7 Å². The first-order chi connectivity index (χ1) is 16.2. The summed E-state index contributed by atoms with van der Waals surface area (Å²) in [5.41, 5.74) is 1.92. The molecule has 0 aromatic heterocycles. The van der Waals surface area contributed by atoms with E-state index in [2.05, 4.69) is 10.6 Å². The number of hydrogen-bond acceptors (Lipinski definition) is 3. The maximum absolute atomic E-state index is 14.8. The Morgan fingerprint density at radius 1 is 1.06 bits per heavy atom. The molecule has 0 saturated heterocycles. The van der Waals surface area contributed by atoms with Crippen LogP contribution in [-0.2, 0) is 11.0 Å². The Morgan fingerprint density at radius 2 is 1.82 bits per heavy atom. The lowest BCUT2D eigenvalue weighted by molar-refractivity contribution is -0.138. The molecule has 0 saturated carbocycles. The zero-order chi connectivity index (χ0) is 24.5. The summed E-state index contributed by atoms with van der Waals surface area (Å²) in [7, 11) is 0. The van der Waals surface area contributed by atoms with Gasteiger partial charge in [-0.1, -0.05) is 12.1 Å². The van der Waals surface area contributed by atoms with E-state index in [0.717, 1.165) is 48.1 Å². The van der Waals surface area contributed by atoms with Crippen LogP contribution in [0.25, 0.3) is 5.57 Å². The Labute approximate surface area is 193 Å². The van der Waals surface area contributed by atoms with E-state index in [9.17, 15) is 27.2 Å². The molecule has 4 rings (SSSR count). The molecule has 2 N–H and O–H groups in total. The lowest BCUT2D eigenvalue weighted by Crippen LogP contribution is -2.20. The third-order valence-electron chi connectivity index (χ3n) is 5.74. The zero-order valence-electron chi connectivity index (χ0n) is 18.3. The molecule has 0 aliphatic heterocycles. The predicted molar refractivity (Wildman–Crippen MR) is 120 cm³/mol. The zero-order valence-corrected chi connectivity index (χ0v) is 18.3. The molecule has 34 heavy (non-hydrogen) atoms. The van der Waals surface area contributed by atoms with E-state index in [4.69, 9.17) is 4.74 Å². The van der Waals surface area contributed by atoms with Gasteiger partial charge in [0.2, 0.25) is 0 Å². The van der Waals surface area contributed by atoms with Crippen molar-refractivity contribution in [2.24, 2.45) is 0 Å². The van der Waals surface area contributed by atoms with Gasteiger partial charge in [-0.2, -0.15) is 13.2 Å². The van der Waals surface area contributed by atoms with E-state index in [1.54, 1.807) is 19.1 Å². The van der Waals surface area contributed by atoms with Crippen LogP contribution in [0.5, 0.6) is 5.75 Å². The maximum atomic E-state index is 14.8. The predicted octanol–water partition coefficient (Wildman–Crippen LogP) is 6.72. The third kappa shape index (κ3) is 4.83. The minimum atomic E-state index is -4.67. The number of nitrogens with one attached hydrogen (secondary N) is 2. The molecule has 0 atom stereocenters. The van der Waals surface area contributed by atoms with Crippen LogP contribution in [-0.4, -0.2) is 18.4 Å². The van der Waals surface area contributed by atoms with Crippen LogP contribution in [0.2, 0.25) is 0 Å². The molecule has 0 fully saturated rings. The molecule has 2 aromatic rings. The number of carbonyl (C=O) groups is 2. The number of allylic oxidation sites excluding steroid dienone is 4. The first-order valence-corrected chi connectivity index (χ1v) is 10.8. The molecule has 0 bridgehead atoms. The van der Waals surface area contributed by atoms with Crippen LogP contribution in [0.15, 0.2) is 53.6 Å². The number of Topliss-reactive ketones (excluding diaryl/α,β-unsaturated/α-hetero) is 1. The minimum absolute atomic E-state index is 0.0530. The molecule has 5 nitrogen and oxygen atoms in total. The minimum Gasteiger partial charge on any atom is -0.493 e. The Hall–Kier alpha value is -3.62. The average Bonchev–Trinajstić information content (AvgIpc) is 3.27. The first-order valence-electron chi connectivity index (χ1n) is 10.8. The average molecular weight is 474 g/mol. The second-order valence-electron chi connectivity index (χ2n) is 7.97. The number of amides is 2. The number of hydrogen-bond donors (Lipinski definition) is 2. The number of carbonyl (C=O) groups excluding carboxylic acids is 2. The smallest absolute Gasteiger partial charge is 0.420 e. The highest BCUT2D eigenvalue weighted by Crippen LogP contribution is 2.41. The van der Waals surface area contributed by atoms with Gasteiger partial charge in [-0.05, 0) is 78.8 Å². The van der Waals surface area contributed by atoms with Gasteiger partial charge in [0.1, 0.15) is 11.6 Å². The van der Waals surface area contributed by atoms with E-state index in [1.807, 2.05) is 0 Å². The summed E-state index contributed by atoms with van der Waals surface area (Å²) >= 11 is 0. The molecular formula is C25H22F4N2O3. The van der Waals surface area contributed by atoms with Crippen molar-refractivity contribution in [1.29, 1.82) is 0 Å². The summed E-state index contributed by atoms with van der Waals surface area (Å²) in [5.74, 6) is -0.940. The molecule has 0 unspecified atom stereocenters. The lowest BCUT2D eigenvalue weighted by Gasteiger charge is -2.17. The van der Waals surface area contributed by atoms with Crippen LogP contribution >= 0.6 is 0 Å². The van der Waals surface area contributed by atoms with Gasteiger partial charge in [0.15, 0.2) is 5.78 Å². The van der Waals surface area contributed by atoms with Crippen LogP contribution in [0.3, 0.4) is 0 Å². The van der Waals surface area contributed by atoms with Gasteiger partial charge < -0.3 is 15.4 Å². The van der Waals surface area contributed by atoms with Gasteiger partial charge in [0.05, 0.1) is 17.9 Å². The molecule has 2 aliphatic rings. The number of alkyl halides is 3. The Bertz CT molecular complexity index is 1220. The quantitative estimate of drug-likeness (QED) is 0.473. The van der Waals surface area contributed by atoms with Crippen molar-refractivity contribution < 1.29 is 31.9 Å². The molecule has 2 amide bonds. The summed E-state index contributed by atoms with van der Waals surface area (Å²) in [4.78, 5) is 24.4. The molecule has 2 aliphatic carbocycles. The van der Waals surface area contributed by atoms with Crippen molar-refractivity contribution in [1.82, 2.24) is 0 Å². The van der Waals surface area contributed by atoms with E-state index in [0.29, 0.717) is 5.56 Å². The number of benzene rings is 2. The summed E-state index contributed by atoms with van der Waals surface area (Å²) in [6.07, 6.45) is -0.217. The SMILES string of the molecule is CCOc1ccc(NC(=O)Nc2ccc(C3=CCC(=O)C4=C3CCC4)cc2F)cc1C(F)(F)F. The van der Waals surface area contributed by atoms with E-state index < -0.39 is 23.6 Å². The fraction of sp³-hybridized carbons (Fsp3) is 0.280. The molecule has 2 aromatic carbocycles. The molecular weight excluding hydrogens is 452 g/mol. The van der Waals surface area contributed by atoms with E-state index >= 15 is 0 Å². The normalized spacial score (nSPS) is 15.7. The summed E-state index contributed by atoms with van der Waals surface area (Å²) in [6.45, 7) is 1.62. The van der Waals surface area contributed by atoms with Gasteiger partial charge in [0, 0.05) is 12.1 Å². The van der Waals surface area contributed by atoms with E-state index in [1.165, 1.54) is 18.2 Å². The number of ketones is 1. The van der Waals surface area contributed by atoms with Crippen molar-refractivity contribution in [2.75, 3.05) is 17.2 Å². The monoisotopic (exact) mass is 474 g/mol. The van der Waals surface area contributed by atoms with Crippen molar-refractivity contribution >= 4 is 28.8 Å². The largest absolute Gasteiger partial charge is 0.493 e. The molecule has 0 heterocycles. The third-order valence-corrected chi connectivity index (χ3v) is 5.74. The van der Waals surface area contributed by atoms with Crippen molar-refractivity contribution in [3.8, 4) is 5.75 Å². The number of urea groups is 1. The highest BCUT2D eigenvalue weighted by molar-refractivity contribution is 6.05. The Kier molecular flexibility index (Phi) is 6.45. The fourth-order valence-electron chi connectivity index (χ4n) is 4.26. The second-order valence-corrected chi connectivity index (χ2v) is 7.97. The van der Waals surface area contributed by atoms with Gasteiger partial charge >= 0.3 is 12.2 Å². The van der Waals surface area contributed by atoms with Gasteiger partial charge in [0.25, 0.3) is 0 Å². The number of halogens is 4. The lowest BCUT2D eigenvalue weighted by atomic mass is 9.87. The highest BCUT2D eigenvalue weighted by Gasteiger charge is 2.35. The van der Waals surface area contributed by atoms with Gasteiger partial charge in [-0.3, -0.25) is 4.79 Å². The number of anilines is 2. The summed E-state index contributed by atoms with van der Waals surface area (Å²) < 4.78 is 59.7. The fourth-order valence-corrected chi connectivity index (χ4v) is 4.26. The second kappa shape index (κ2) is 9.32.